The van der Waals surface area contributed by atoms with E-state index in [1.165, 1.54) is 43.4 Å². The van der Waals surface area contributed by atoms with E-state index in [-0.39, 0.29) is 0 Å². The molecule has 1 saturated carbocycles. The second-order valence-electron chi connectivity index (χ2n) is 7.69. The maximum absolute atomic E-state index is 4.61. The van der Waals surface area contributed by atoms with Gasteiger partial charge in [0, 0.05) is 46.0 Å². The number of nitrogens with one attached hydrogen (secondary N) is 1. The van der Waals surface area contributed by atoms with Crippen LogP contribution in [0.5, 0.6) is 0 Å². The second kappa shape index (κ2) is 8.04. The molecule has 0 radical (unpaired) electrons. The molecule has 136 valence electrons. The van der Waals surface area contributed by atoms with Crippen LogP contribution in [0, 0.1) is 5.41 Å². The molecular formula is C19H35N5. The highest BCUT2D eigenvalue weighted by molar-refractivity contribution is 5.79. The number of guanidine groups is 1. The van der Waals surface area contributed by atoms with Crippen LogP contribution in [0.4, 0.5) is 0 Å². The molecule has 0 aliphatic heterocycles. The summed E-state index contributed by atoms with van der Waals surface area (Å²) in [6.45, 7) is 8.59. The quantitative estimate of drug-likeness (QED) is 0.640. The van der Waals surface area contributed by atoms with Crippen LogP contribution in [0.1, 0.15) is 70.1 Å². The van der Waals surface area contributed by atoms with Crippen LogP contribution < -0.4 is 5.32 Å². The lowest BCUT2D eigenvalue weighted by Gasteiger charge is -2.30. The van der Waals surface area contributed by atoms with Gasteiger partial charge in [0.1, 0.15) is 0 Å². The van der Waals surface area contributed by atoms with Gasteiger partial charge in [0.2, 0.25) is 0 Å². The molecule has 0 saturated heterocycles. The van der Waals surface area contributed by atoms with Crippen molar-refractivity contribution in [2.45, 2.75) is 65.3 Å². The number of aromatic nitrogens is 2. The zero-order valence-corrected chi connectivity index (χ0v) is 16.4. The minimum absolute atomic E-state index is 0.437. The van der Waals surface area contributed by atoms with Gasteiger partial charge in [-0.15, -0.1) is 0 Å². The van der Waals surface area contributed by atoms with Gasteiger partial charge >= 0.3 is 0 Å². The average Bonchev–Trinajstić information content (AvgIpc) is 3.15. The molecule has 1 fully saturated rings. The molecule has 5 heteroatoms. The molecule has 0 unspecified atom stereocenters. The standard InChI is InChI=1S/C19H35N5/c1-7-19(10-8-9-11-19)14-21-18(20-4)23(5)12-16-13-24(6)22-17(16)15(2)3/h13,15H,7-12,14H2,1-6H3,(H,20,21). The Labute approximate surface area is 147 Å². The normalized spacial score (nSPS) is 17.5. The Kier molecular flexibility index (Phi) is 6.30. The van der Waals surface area contributed by atoms with Gasteiger partial charge in [0.15, 0.2) is 5.96 Å². The SMILES string of the molecule is CCC1(CNC(=NC)N(C)Cc2cn(C)nc2C(C)C)CCCC1. The molecule has 1 aromatic rings. The van der Waals surface area contributed by atoms with Gasteiger partial charge < -0.3 is 10.2 Å². The lowest BCUT2D eigenvalue weighted by atomic mass is 9.83. The Bertz CT molecular complexity index is 552. The van der Waals surface area contributed by atoms with Crippen molar-refractivity contribution in [2.75, 3.05) is 20.6 Å². The van der Waals surface area contributed by atoms with E-state index in [0.29, 0.717) is 11.3 Å². The van der Waals surface area contributed by atoms with Gasteiger partial charge in [-0.25, -0.2) is 0 Å². The van der Waals surface area contributed by atoms with Gasteiger partial charge in [-0.1, -0.05) is 33.6 Å². The zero-order valence-electron chi connectivity index (χ0n) is 16.4. The summed E-state index contributed by atoms with van der Waals surface area (Å²) in [5.41, 5.74) is 2.93. The summed E-state index contributed by atoms with van der Waals surface area (Å²) in [7, 11) is 5.98. The Morgan fingerprint density at radius 2 is 2.08 bits per heavy atom. The first-order valence-electron chi connectivity index (χ1n) is 9.35. The molecule has 0 spiro atoms. The summed E-state index contributed by atoms with van der Waals surface area (Å²) in [4.78, 5) is 6.71. The third kappa shape index (κ3) is 4.31. The molecule has 5 nitrogen and oxygen atoms in total. The molecule has 0 amide bonds. The van der Waals surface area contributed by atoms with Gasteiger partial charge in [0.05, 0.1) is 5.69 Å². The Balaban J connectivity index is 2.00. The molecule has 1 aliphatic carbocycles. The second-order valence-corrected chi connectivity index (χ2v) is 7.69. The third-order valence-electron chi connectivity index (χ3n) is 5.50. The smallest absolute Gasteiger partial charge is 0.193 e. The molecule has 1 heterocycles. The van der Waals surface area contributed by atoms with Crippen molar-refractivity contribution in [3.05, 3.63) is 17.5 Å². The number of hydrogen-bond acceptors (Lipinski definition) is 2. The van der Waals surface area contributed by atoms with Crippen LogP contribution in [-0.4, -0.2) is 41.3 Å². The fourth-order valence-corrected chi connectivity index (χ4v) is 3.92. The fourth-order valence-electron chi connectivity index (χ4n) is 3.92. The van der Waals surface area contributed by atoms with Crippen molar-refractivity contribution in [3.63, 3.8) is 0 Å². The van der Waals surface area contributed by atoms with Crippen molar-refractivity contribution in [2.24, 2.45) is 17.5 Å². The maximum atomic E-state index is 4.61. The Hall–Kier alpha value is -1.52. The van der Waals surface area contributed by atoms with E-state index in [1.54, 1.807) is 0 Å². The molecule has 24 heavy (non-hydrogen) atoms. The van der Waals surface area contributed by atoms with E-state index in [2.05, 4.69) is 54.3 Å². The summed E-state index contributed by atoms with van der Waals surface area (Å²) < 4.78 is 1.92. The van der Waals surface area contributed by atoms with Crippen molar-refractivity contribution in [3.8, 4) is 0 Å². The van der Waals surface area contributed by atoms with E-state index < -0.39 is 0 Å². The first-order chi connectivity index (χ1) is 11.4. The van der Waals surface area contributed by atoms with Gasteiger partial charge in [-0.05, 0) is 30.6 Å². The average molecular weight is 334 g/mol. The Morgan fingerprint density at radius 1 is 1.42 bits per heavy atom. The summed E-state index contributed by atoms with van der Waals surface area (Å²) >= 11 is 0. The number of aryl methyl sites for hydroxylation is 1. The molecule has 1 N–H and O–H groups in total. The zero-order chi connectivity index (χ0) is 17.7. The molecule has 0 bridgehead atoms. The minimum atomic E-state index is 0.437. The summed E-state index contributed by atoms with van der Waals surface area (Å²) in [5.74, 6) is 1.42. The predicted molar refractivity (Wildman–Crippen MR) is 101 cm³/mol. The fraction of sp³-hybridized carbons (Fsp3) is 0.789. The van der Waals surface area contributed by atoms with Crippen molar-refractivity contribution in [1.29, 1.82) is 0 Å². The van der Waals surface area contributed by atoms with Crippen molar-refractivity contribution < 1.29 is 0 Å². The number of hydrogen-bond donors (Lipinski definition) is 1. The van der Waals surface area contributed by atoms with Gasteiger partial charge in [0.25, 0.3) is 0 Å². The number of nitrogens with zero attached hydrogens (tertiary/aromatic N) is 4. The monoisotopic (exact) mass is 333 g/mol. The number of rotatable bonds is 6. The molecule has 1 aromatic heterocycles. The third-order valence-corrected chi connectivity index (χ3v) is 5.50. The first kappa shape index (κ1) is 18.8. The van der Waals surface area contributed by atoms with E-state index >= 15 is 0 Å². The van der Waals surface area contributed by atoms with Crippen LogP contribution in [-0.2, 0) is 13.6 Å². The van der Waals surface area contributed by atoms with Gasteiger partial charge in [-0.3, -0.25) is 9.67 Å². The molecular weight excluding hydrogens is 298 g/mol. The largest absolute Gasteiger partial charge is 0.356 e. The lowest BCUT2D eigenvalue weighted by Crippen LogP contribution is -2.43. The lowest BCUT2D eigenvalue weighted by molar-refractivity contribution is 0.279. The molecule has 0 aromatic carbocycles. The van der Waals surface area contributed by atoms with Crippen LogP contribution >= 0.6 is 0 Å². The summed E-state index contributed by atoms with van der Waals surface area (Å²) in [6.07, 6.45) is 8.81. The molecule has 2 rings (SSSR count). The predicted octanol–water partition coefficient (Wildman–Crippen LogP) is 3.52. The highest BCUT2D eigenvalue weighted by Crippen LogP contribution is 2.40. The highest BCUT2D eigenvalue weighted by atomic mass is 15.3. The Morgan fingerprint density at radius 3 is 2.62 bits per heavy atom. The molecule has 1 aliphatic rings. The van der Waals surface area contributed by atoms with E-state index in [4.69, 9.17) is 0 Å². The summed E-state index contributed by atoms with van der Waals surface area (Å²) in [5, 5.41) is 8.24. The van der Waals surface area contributed by atoms with Crippen molar-refractivity contribution in [1.82, 2.24) is 20.0 Å². The van der Waals surface area contributed by atoms with E-state index in [0.717, 1.165) is 19.0 Å². The minimum Gasteiger partial charge on any atom is -0.356 e. The van der Waals surface area contributed by atoms with Crippen LogP contribution in [0.2, 0.25) is 0 Å². The first-order valence-corrected chi connectivity index (χ1v) is 9.35. The maximum Gasteiger partial charge on any atom is 0.193 e. The molecule has 0 atom stereocenters. The van der Waals surface area contributed by atoms with Crippen molar-refractivity contribution >= 4 is 5.96 Å². The highest BCUT2D eigenvalue weighted by Gasteiger charge is 2.32. The topological polar surface area (TPSA) is 45.5 Å². The number of aliphatic imine (C=N–C) groups is 1. The van der Waals surface area contributed by atoms with E-state index in [1.807, 2.05) is 18.8 Å². The van der Waals surface area contributed by atoms with E-state index in [9.17, 15) is 0 Å². The van der Waals surface area contributed by atoms with Crippen LogP contribution in [0.3, 0.4) is 0 Å². The summed E-state index contributed by atoms with van der Waals surface area (Å²) in [6, 6.07) is 0. The van der Waals surface area contributed by atoms with Crippen LogP contribution in [0.15, 0.2) is 11.2 Å². The van der Waals surface area contributed by atoms with Gasteiger partial charge in [-0.2, -0.15) is 5.10 Å². The van der Waals surface area contributed by atoms with Crippen LogP contribution in [0.25, 0.3) is 0 Å².